The van der Waals surface area contributed by atoms with Gasteiger partial charge in [-0.15, -0.1) is 0 Å². The number of hydrogen-bond donors (Lipinski definition) is 0. The fourth-order valence-corrected chi connectivity index (χ4v) is 5.38. The number of para-hydroxylation sites is 2. The number of benzene rings is 4. The molecule has 4 aromatic carbocycles. The van der Waals surface area contributed by atoms with Crippen molar-refractivity contribution in [3.8, 4) is 0 Å². The number of fused-ring (bicyclic) bond motifs is 3. The van der Waals surface area contributed by atoms with E-state index in [0.717, 1.165) is 22.3 Å². The molecule has 6 rings (SSSR count). The number of oxime groups is 1. The van der Waals surface area contributed by atoms with E-state index in [4.69, 9.17) is 28.1 Å². The van der Waals surface area contributed by atoms with Crippen molar-refractivity contribution in [2.45, 2.75) is 20.8 Å². The van der Waals surface area contributed by atoms with Crippen LogP contribution in [0.5, 0.6) is 0 Å². The highest BCUT2D eigenvalue weighted by Gasteiger charge is 2.47. The molecule has 0 N–H and O–H groups in total. The van der Waals surface area contributed by atoms with E-state index >= 15 is 0 Å². The lowest BCUT2D eigenvalue weighted by Crippen LogP contribution is -2.49. The average molecular weight is 557 g/mol. The van der Waals surface area contributed by atoms with Crippen molar-refractivity contribution >= 4 is 52.1 Å². The van der Waals surface area contributed by atoms with E-state index in [0.29, 0.717) is 43.9 Å². The summed E-state index contributed by atoms with van der Waals surface area (Å²) in [7, 11) is 0. The third-order valence-corrected chi connectivity index (χ3v) is 8.13. The van der Waals surface area contributed by atoms with Crippen LogP contribution in [0, 0.1) is 20.8 Å². The minimum Gasteiger partial charge on any atom is -0.289 e. The number of rotatable bonds is 4. The largest absolute Gasteiger partial charge is 0.289 e. The second kappa shape index (κ2) is 9.54. The minimum absolute atomic E-state index is 0.116. The molecule has 0 spiro atoms. The zero-order chi connectivity index (χ0) is 27.4. The Bertz CT molecular complexity index is 1660. The average Bonchev–Trinajstić information content (AvgIpc) is 3.53. The molecule has 194 valence electrons. The lowest BCUT2D eigenvalue weighted by Gasteiger charge is -2.25. The van der Waals surface area contributed by atoms with E-state index < -0.39 is 0 Å². The van der Waals surface area contributed by atoms with Crippen LogP contribution in [0.4, 0.5) is 11.4 Å². The fraction of sp³-hybridized carbons (Fsp3) is 0.100. The molecule has 0 saturated carbocycles. The van der Waals surface area contributed by atoms with E-state index in [-0.39, 0.29) is 11.7 Å². The summed E-state index contributed by atoms with van der Waals surface area (Å²) in [4.78, 5) is 32.4. The Morgan fingerprint density at radius 3 is 1.87 bits per heavy atom. The van der Waals surface area contributed by atoms with Crippen LogP contribution < -0.4 is 10.0 Å². The molecule has 0 fully saturated rings. The van der Waals surface area contributed by atoms with E-state index in [9.17, 15) is 9.59 Å². The highest BCUT2D eigenvalue weighted by molar-refractivity contribution is 6.38. The topological polar surface area (TPSA) is 65.5 Å². The van der Waals surface area contributed by atoms with E-state index in [1.807, 2.05) is 63.2 Å². The second-order valence-electron chi connectivity index (χ2n) is 9.32. The van der Waals surface area contributed by atoms with Crippen LogP contribution in [-0.4, -0.2) is 22.8 Å². The maximum atomic E-state index is 13.8. The summed E-state index contributed by atoms with van der Waals surface area (Å²) in [5.41, 5.74) is 5.89. The summed E-state index contributed by atoms with van der Waals surface area (Å²) < 4.78 is 0. The van der Waals surface area contributed by atoms with Gasteiger partial charge in [-0.3, -0.25) is 14.5 Å². The first-order chi connectivity index (χ1) is 18.8. The molecule has 2 heterocycles. The molecule has 0 aromatic heterocycles. The van der Waals surface area contributed by atoms with Crippen molar-refractivity contribution in [3.05, 3.63) is 128 Å². The number of ketones is 1. The maximum Gasteiger partial charge on any atom is 0.277 e. The molecule has 2 aliphatic heterocycles. The highest BCUT2D eigenvalue weighted by atomic mass is 35.5. The highest BCUT2D eigenvalue weighted by Crippen LogP contribution is 2.45. The number of hydrogen-bond acceptors (Lipinski definition) is 6. The van der Waals surface area contributed by atoms with Gasteiger partial charge in [-0.25, -0.2) is 0 Å². The SMILES string of the molecule is Cc1c(Cl)c(C)c(C2=NON3N(C(=O)c4ccc(C(=O)c5ccccc5)cc4)c4ccccc4N23)c(C)c1Cl. The molecular weight excluding hydrogens is 535 g/mol. The normalized spacial score (nSPS) is 14.1. The Balaban J connectivity index is 1.36. The summed E-state index contributed by atoms with van der Waals surface area (Å²) in [5, 5.41) is 9.87. The van der Waals surface area contributed by atoms with Gasteiger partial charge in [0.05, 0.1) is 16.7 Å². The molecule has 2 aliphatic rings. The molecular formula is C30H22Cl2N4O3. The number of amidine groups is 1. The van der Waals surface area contributed by atoms with Crippen molar-refractivity contribution < 1.29 is 14.5 Å². The van der Waals surface area contributed by atoms with Crippen LogP contribution in [0.15, 0.2) is 84.0 Å². The molecule has 0 bridgehead atoms. The number of carbonyl (C=O) groups excluding carboxylic acids is 2. The first-order valence-corrected chi connectivity index (χ1v) is 13.0. The number of nitrogens with zero attached hydrogens (tertiary/aromatic N) is 4. The monoisotopic (exact) mass is 556 g/mol. The van der Waals surface area contributed by atoms with Crippen LogP contribution in [0.1, 0.15) is 48.5 Å². The first-order valence-electron chi connectivity index (χ1n) is 12.2. The van der Waals surface area contributed by atoms with Crippen molar-refractivity contribution in [2.75, 3.05) is 10.0 Å². The van der Waals surface area contributed by atoms with Gasteiger partial charge >= 0.3 is 0 Å². The third kappa shape index (κ3) is 3.89. The lowest BCUT2D eigenvalue weighted by molar-refractivity contribution is -0.135. The van der Waals surface area contributed by atoms with Gasteiger partial charge in [-0.05, 0) is 66.9 Å². The molecule has 0 unspecified atom stereocenters. The molecule has 0 atom stereocenters. The van der Waals surface area contributed by atoms with Gasteiger partial charge in [0.2, 0.25) is 5.84 Å². The lowest BCUT2D eigenvalue weighted by atomic mass is 9.98. The fourth-order valence-electron chi connectivity index (χ4n) is 4.95. The summed E-state index contributed by atoms with van der Waals surface area (Å²) in [6.45, 7) is 5.68. The van der Waals surface area contributed by atoms with Crippen molar-refractivity contribution in [1.29, 1.82) is 0 Å². The molecule has 4 aromatic rings. The number of carbonyl (C=O) groups is 2. The van der Waals surface area contributed by atoms with Crippen LogP contribution in [-0.2, 0) is 4.94 Å². The molecule has 1 amide bonds. The van der Waals surface area contributed by atoms with Gasteiger partial charge in [0.1, 0.15) is 0 Å². The van der Waals surface area contributed by atoms with Gasteiger partial charge in [0.25, 0.3) is 5.91 Å². The Labute approximate surface area is 235 Å². The Kier molecular flexibility index (Phi) is 6.14. The van der Waals surface area contributed by atoms with Crippen LogP contribution >= 0.6 is 23.2 Å². The third-order valence-electron chi connectivity index (χ3n) is 6.99. The number of amides is 1. The Hall–Kier alpha value is -4.17. The first kappa shape index (κ1) is 25.1. The Morgan fingerprint density at radius 2 is 1.23 bits per heavy atom. The predicted molar refractivity (Wildman–Crippen MR) is 152 cm³/mol. The molecule has 7 nitrogen and oxygen atoms in total. The molecule has 0 aliphatic carbocycles. The number of anilines is 2. The van der Waals surface area contributed by atoms with Crippen molar-refractivity contribution in [3.63, 3.8) is 0 Å². The standard InChI is InChI=1S/C30H22Cl2N4O3/c1-17-25(18(2)27(32)19(3)26(17)31)29-33-39-36-34(29)23-11-7-8-12-24(23)35(36)30(38)22-15-13-21(14-16-22)28(37)20-9-5-4-6-10-20/h4-16H,1-3H3. The van der Waals surface area contributed by atoms with Crippen molar-refractivity contribution in [1.82, 2.24) is 5.28 Å². The van der Waals surface area contributed by atoms with Gasteiger partial charge < -0.3 is 0 Å². The quantitative estimate of drug-likeness (QED) is 0.252. The van der Waals surface area contributed by atoms with Gasteiger partial charge in [0, 0.05) is 32.3 Å². The van der Waals surface area contributed by atoms with E-state index in [1.54, 1.807) is 41.4 Å². The summed E-state index contributed by atoms with van der Waals surface area (Å²) in [5.74, 6) is -0.0109. The molecule has 39 heavy (non-hydrogen) atoms. The molecule has 9 heteroatoms. The minimum atomic E-state index is -0.353. The zero-order valence-corrected chi connectivity index (χ0v) is 22.8. The zero-order valence-electron chi connectivity index (χ0n) is 21.3. The summed E-state index contributed by atoms with van der Waals surface area (Å²) in [6.07, 6.45) is 0. The summed E-state index contributed by atoms with van der Waals surface area (Å²) in [6, 6.07) is 23.0. The Morgan fingerprint density at radius 1 is 0.692 bits per heavy atom. The summed E-state index contributed by atoms with van der Waals surface area (Å²) >= 11 is 13.2. The van der Waals surface area contributed by atoms with Crippen LogP contribution in [0.25, 0.3) is 0 Å². The molecule has 0 radical (unpaired) electrons. The van der Waals surface area contributed by atoms with Gasteiger partial charge in [0.15, 0.2) is 5.78 Å². The van der Waals surface area contributed by atoms with Gasteiger partial charge in [-0.2, -0.15) is 10.0 Å². The number of hydrazine groups is 2. The van der Waals surface area contributed by atoms with Gasteiger partial charge in [-0.1, -0.05) is 77.8 Å². The van der Waals surface area contributed by atoms with Crippen LogP contribution in [0.3, 0.4) is 0 Å². The van der Waals surface area contributed by atoms with E-state index in [2.05, 4.69) is 5.16 Å². The maximum absolute atomic E-state index is 13.8. The number of halogens is 2. The van der Waals surface area contributed by atoms with Crippen LogP contribution in [0.2, 0.25) is 10.0 Å². The van der Waals surface area contributed by atoms with Crippen molar-refractivity contribution in [2.24, 2.45) is 5.16 Å². The molecule has 0 saturated heterocycles. The second-order valence-corrected chi connectivity index (χ2v) is 10.1. The predicted octanol–water partition coefficient (Wildman–Crippen LogP) is 7.06. The smallest absolute Gasteiger partial charge is 0.277 e. The van der Waals surface area contributed by atoms with E-state index in [1.165, 1.54) is 10.3 Å².